The van der Waals surface area contributed by atoms with E-state index in [1.807, 2.05) is 18.2 Å². The predicted molar refractivity (Wildman–Crippen MR) is 126 cm³/mol. The molecule has 5 atom stereocenters. The first-order valence-corrected chi connectivity index (χ1v) is 12.3. The topological polar surface area (TPSA) is 133 Å². The fourth-order valence-corrected chi connectivity index (χ4v) is 4.57. The number of carbonyl (C=O) groups excluding carboxylic acids is 3. The molecule has 3 aliphatic rings. The maximum Gasteiger partial charge on any atom is 0.270 e. The molecule has 1 aromatic carbocycles. The van der Waals surface area contributed by atoms with Gasteiger partial charge in [0.15, 0.2) is 24.0 Å². The van der Waals surface area contributed by atoms with Crippen LogP contribution in [0.3, 0.4) is 0 Å². The van der Waals surface area contributed by atoms with E-state index in [2.05, 4.69) is 16.2 Å². The summed E-state index contributed by atoms with van der Waals surface area (Å²) in [5.41, 5.74) is 5.47. The lowest BCUT2D eigenvalue weighted by Gasteiger charge is -2.36. The van der Waals surface area contributed by atoms with Crippen LogP contribution in [0, 0.1) is 0 Å². The Balaban J connectivity index is 1.17. The zero-order valence-electron chi connectivity index (χ0n) is 21.1. The van der Waals surface area contributed by atoms with Crippen LogP contribution in [0.15, 0.2) is 30.3 Å². The standard InChI is InChI=1S/C25H35N3O8/c1-24(2)33-17-18(34-24)20-23(36-25(3,4)35-20)32-19(17)22(31)28-27-16(29)13-9-6-10-14-26-21(30)15-11-7-5-8-12-15/h5,7-8,11-12,17-20,23H,6,9-10,13-14H2,1-4H3,(H,26,30)(H,27,29)(H,28,31)/t17-,18-,19+,20+,23+/m1/s1. The van der Waals surface area contributed by atoms with E-state index in [0.717, 1.165) is 12.8 Å². The number of unbranched alkanes of at least 4 members (excludes halogenated alkanes) is 2. The van der Waals surface area contributed by atoms with Crippen molar-refractivity contribution in [3.05, 3.63) is 35.9 Å². The third-order valence-corrected chi connectivity index (χ3v) is 6.14. The second-order valence-corrected chi connectivity index (χ2v) is 10.1. The summed E-state index contributed by atoms with van der Waals surface area (Å²) >= 11 is 0. The lowest BCUT2D eigenvalue weighted by Crippen LogP contribution is -2.61. The molecule has 198 valence electrons. The van der Waals surface area contributed by atoms with Crippen molar-refractivity contribution in [1.82, 2.24) is 16.2 Å². The molecule has 0 bridgehead atoms. The molecular weight excluding hydrogens is 470 g/mol. The Hall–Kier alpha value is -2.57. The van der Waals surface area contributed by atoms with Gasteiger partial charge in [0, 0.05) is 18.5 Å². The Morgan fingerprint density at radius 2 is 1.47 bits per heavy atom. The Morgan fingerprint density at radius 1 is 0.806 bits per heavy atom. The third kappa shape index (κ3) is 6.40. The number of nitrogens with one attached hydrogen (secondary N) is 3. The first-order valence-electron chi connectivity index (χ1n) is 12.3. The van der Waals surface area contributed by atoms with Gasteiger partial charge < -0.3 is 29.0 Å². The van der Waals surface area contributed by atoms with Crippen molar-refractivity contribution >= 4 is 17.7 Å². The maximum atomic E-state index is 12.9. The molecule has 3 fully saturated rings. The highest BCUT2D eigenvalue weighted by Crippen LogP contribution is 2.44. The molecule has 11 nitrogen and oxygen atoms in total. The van der Waals surface area contributed by atoms with Crippen molar-refractivity contribution in [2.75, 3.05) is 6.54 Å². The van der Waals surface area contributed by atoms with E-state index in [9.17, 15) is 14.4 Å². The van der Waals surface area contributed by atoms with Gasteiger partial charge in [0.2, 0.25) is 5.91 Å². The number of fused-ring (bicyclic) bond motifs is 3. The SMILES string of the molecule is CC1(C)O[C@@H]2O[C@H](C(=O)NNC(=O)CCCCCNC(=O)c3ccccc3)[C@@H]3OC(C)(C)O[C@H]3[C@@H]2O1. The molecule has 0 aliphatic carbocycles. The quantitative estimate of drug-likeness (QED) is 0.358. The molecule has 3 saturated heterocycles. The van der Waals surface area contributed by atoms with E-state index < -0.39 is 48.2 Å². The highest BCUT2D eigenvalue weighted by Gasteiger charge is 2.62. The number of carbonyl (C=O) groups is 3. The van der Waals surface area contributed by atoms with Gasteiger partial charge in [-0.15, -0.1) is 0 Å². The molecule has 36 heavy (non-hydrogen) atoms. The van der Waals surface area contributed by atoms with Crippen LogP contribution in [-0.4, -0.2) is 66.5 Å². The van der Waals surface area contributed by atoms with E-state index in [4.69, 9.17) is 23.7 Å². The smallest absolute Gasteiger partial charge is 0.270 e. The van der Waals surface area contributed by atoms with Gasteiger partial charge in [-0.1, -0.05) is 24.6 Å². The average molecular weight is 506 g/mol. The second kappa shape index (κ2) is 10.8. The van der Waals surface area contributed by atoms with Gasteiger partial charge in [0.25, 0.3) is 11.8 Å². The number of ether oxygens (including phenoxy) is 5. The number of hydrazine groups is 1. The van der Waals surface area contributed by atoms with Crippen LogP contribution >= 0.6 is 0 Å². The van der Waals surface area contributed by atoms with E-state index in [0.29, 0.717) is 18.5 Å². The summed E-state index contributed by atoms with van der Waals surface area (Å²) in [4.78, 5) is 37.1. The van der Waals surface area contributed by atoms with Gasteiger partial charge >= 0.3 is 0 Å². The maximum absolute atomic E-state index is 12.9. The zero-order valence-corrected chi connectivity index (χ0v) is 21.1. The number of rotatable bonds is 8. The Bertz CT molecular complexity index is 954. The van der Waals surface area contributed by atoms with Gasteiger partial charge in [0.1, 0.15) is 18.3 Å². The van der Waals surface area contributed by atoms with E-state index >= 15 is 0 Å². The second-order valence-electron chi connectivity index (χ2n) is 10.1. The number of hydrogen-bond donors (Lipinski definition) is 3. The number of benzene rings is 1. The Kier molecular flexibility index (Phi) is 7.96. The highest BCUT2D eigenvalue weighted by molar-refractivity contribution is 5.94. The summed E-state index contributed by atoms with van der Waals surface area (Å²) in [7, 11) is 0. The zero-order chi connectivity index (χ0) is 25.9. The van der Waals surface area contributed by atoms with Crippen LogP contribution in [0.4, 0.5) is 0 Å². The fraction of sp³-hybridized carbons (Fsp3) is 0.640. The summed E-state index contributed by atoms with van der Waals surface area (Å²) < 4.78 is 29.5. The molecule has 0 unspecified atom stereocenters. The van der Waals surface area contributed by atoms with Gasteiger partial charge in [-0.25, -0.2) is 0 Å². The van der Waals surface area contributed by atoms with Crippen molar-refractivity contribution < 1.29 is 38.1 Å². The van der Waals surface area contributed by atoms with Gasteiger partial charge in [0.05, 0.1) is 0 Å². The summed E-state index contributed by atoms with van der Waals surface area (Å²) in [6.45, 7) is 7.56. The summed E-state index contributed by atoms with van der Waals surface area (Å²) in [5.74, 6) is -2.82. The van der Waals surface area contributed by atoms with Crippen LogP contribution in [0.5, 0.6) is 0 Å². The summed E-state index contributed by atoms with van der Waals surface area (Å²) in [5, 5.41) is 2.86. The van der Waals surface area contributed by atoms with E-state index in [1.165, 1.54) is 0 Å². The lowest BCUT2D eigenvalue weighted by atomic mass is 9.98. The van der Waals surface area contributed by atoms with Crippen molar-refractivity contribution in [2.45, 2.75) is 95.7 Å². The Labute approximate surface area is 210 Å². The molecule has 1 aromatic rings. The molecule has 3 N–H and O–H groups in total. The van der Waals surface area contributed by atoms with Crippen LogP contribution < -0.4 is 16.2 Å². The van der Waals surface area contributed by atoms with Crippen molar-refractivity contribution in [2.24, 2.45) is 0 Å². The van der Waals surface area contributed by atoms with Crippen LogP contribution in [-0.2, 0) is 33.3 Å². The molecule has 0 radical (unpaired) electrons. The largest absolute Gasteiger partial charge is 0.352 e. The Morgan fingerprint density at radius 3 is 2.22 bits per heavy atom. The van der Waals surface area contributed by atoms with Crippen LogP contribution in [0.25, 0.3) is 0 Å². The van der Waals surface area contributed by atoms with Crippen molar-refractivity contribution in [3.8, 4) is 0 Å². The summed E-state index contributed by atoms with van der Waals surface area (Å²) in [6, 6.07) is 9.00. The van der Waals surface area contributed by atoms with Crippen molar-refractivity contribution in [3.63, 3.8) is 0 Å². The van der Waals surface area contributed by atoms with Gasteiger partial charge in [-0.05, 0) is 52.7 Å². The van der Waals surface area contributed by atoms with Gasteiger partial charge in [-0.2, -0.15) is 0 Å². The molecule has 3 amide bonds. The molecule has 3 aliphatic heterocycles. The third-order valence-electron chi connectivity index (χ3n) is 6.14. The molecule has 4 rings (SSSR count). The lowest BCUT2D eigenvalue weighted by molar-refractivity contribution is -0.231. The minimum absolute atomic E-state index is 0.118. The average Bonchev–Trinajstić information content (AvgIpc) is 3.33. The van der Waals surface area contributed by atoms with Crippen molar-refractivity contribution in [1.29, 1.82) is 0 Å². The van der Waals surface area contributed by atoms with Gasteiger partial charge in [-0.3, -0.25) is 25.2 Å². The van der Waals surface area contributed by atoms with Crippen LogP contribution in [0.1, 0.15) is 63.7 Å². The summed E-state index contributed by atoms with van der Waals surface area (Å²) in [6.07, 6.45) is -1.33. The first kappa shape index (κ1) is 26.5. The van der Waals surface area contributed by atoms with E-state index in [-0.39, 0.29) is 18.2 Å². The fourth-order valence-electron chi connectivity index (χ4n) is 4.57. The number of hydrogen-bond acceptors (Lipinski definition) is 8. The monoisotopic (exact) mass is 505 g/mol. The molecule has 0 saturated carbocycles. The van der Waals surface area contributed by atoms with E-state index in [1.54, 1.807) is 39.8 Å². The predicted octanol–water partition coefficient (Wildman–Crippen LogP) is 1.52. The minimum Gasteiger partial charge on any atom is -0.352 e. The van der Waals surface area contributed by atoms with Crippen LogP contribution in [0.2, 0.25) is 0 Å². The molecule has 11 heteroatoms. The molecule has 0 aromatic heterocycles. The highest BCUT2D eigenvalue weighted by atomic mass is 16.9. The minimum atomic E-state index is -1.05. The normalized spacial score (nSPS) is 29.6. The molecule has 3 heterocycles. The molecule has 0 spiro atoms. The number of amides is 3. The molecular formula is C25H35N3O8. The first-order chi connectivity index (χ1) is 17.0.